The van der Waals surface area contributed by atoms with Crippen LogP contribution in [0.5, 0.6) is 11.5 Å². The van der Waals surface area contributed by atoms with Crippen LogP contribution in [0.25, 0.3) is 0 Å². The van der Waals surface area contributed by atoms with E-state index in [-0.39, 0.29) is 12.1 Å². The van der Waals surface area contributed by atoms with Gasteiger partial charge in [0.15, 0.2) is 0 Å². The standard InChI is InChI=1S/C20H22N2O2/c1-15-5-3-4-6-20(15)24-18-9-7-16(8-10-18)22-14-19(23-2)13-17(22)11-12-21/h3-10,17,19H,11,13-14H2,1-2H3/t17-,19+/m1/s1. The second kappa shape index (κ2) is 7.37. The summed E-state index contributed by atoms with van der Waals surface area (Å²) in [5.41, 5.74) is 2.21. The molecule has 2 atom stereocenters. The van der Waals surface area contributed by atoms with E-state index in [1.807, 2.05) is 43.3 Å². The molecule has 2 aromatic carbocycles. The molecule has 0 aliphatic carbocycles. The van der Waals surface area contributed by atoms with Gasteiger partial charge in [-0.05, 0) is 49.2 Å². The Morgan fingerprint density at radius 2 is 1.92 bits per heavy atom. The first kappa shape index (κ1) is 16.4. The molecule has 24 heavy (non-hydrogen) atoms. The second-order valence-electron chi connectivity index (χ2n) is 6.12. The van der Waals surface area contributed by atoms with Gasteiger partial charge in [0.1, 0.15) is 11.5 Å². The Hall–Kier alpha value is -2.51. The third kappa shape index (κ3) is 3.52. The van der Waals surface area contributed by atoms with Crippen molar-refractivity contribution < 1.29 is 9.47 Å². The smallest absolute Gasteiger partial charge is 0.130 e. The molecule has 124 valence electrons. The summed E-state index contributed by atoms with van der Waals surface area (Å²) >= 11 is 0. The predicted octanol–water partition coefficient (Wildman–Crippen LogP) is 4.29. The van der Waals surface area contributed by atoms with Crippen molar-refractivity contribution in [1.29, 1.82) is 5.26 Å². The third-order valence-electron chi connectivity index (χ3n) is 4.53. The zero-order valence-corrected chi connectivity index (χ0v) is 14.1. The Kier molecular flexibility index (Phi) is 5.02. The van der Waals surface area contributed by atoms with Gasteiger partial charge in [0.2, 0.25) is 0 Å². The number of nitrogens with zero attached hydrogens (tertiary/aromatic N) is 2. The molecule has 0 amide bonds. The minimum Gasteiger partial charge on any atom is -0.457 e. The van der Waals surface area contributed by atoms with E-state index in [2.05, 4.69) is 23.1 Å². The lowest BCUT2D eigenvalue weighted by molar-refractivity contribution is 0.118. The third-order valence-corrected chi connectivity index (χ3v) is 4.53. The normalized spacial score (nSPS) is 20.0. The van der Waals surface area contributed by atoms with Gasteiger partial charge in [-0.25, -0.2) is 0 Å². The van der Waals surface area contributed by atoms with Gasteiger partial charge in [-0.15, -0.1) is 0 Å². The lowest BCUT2D eigenvalue weighted by Gasteiger charge is -2.25. The Morgan fingerprint density at radius 1 is 1.17 bits per heavy atom. The number of hydrogen-bond donors (Lipinski definition) is 0. The quantitative estimate of drug-likeness (QED) is 0.823. The molecule has 1 saturated heterocycles. The first-order chi connectivity index (χ1) is 11.7. The van der Waals surface area contributed by atoms with Crippen LogP contribution >= 0.6 is 0 Å². The first-order valence-electron chi connectivity index (χ1n) is 8.21. The van der Waals surface area contributed by atoms with E-state index in [0.717, 1.165) is 35.7 Å². The van der Waals surface area contributed by atoms with Crippen molar-refractivity contribution >= 4 is 5.69 Å². The van der Waals surface area contributed by atoms with Crippen molar-refractivity contribution in [3.05, 3.63) is 54.1 Å². The largest absolute Gasteiger partial charge is 0.457 e. The van der Waals surface area contributed by atoms with Crippen LogP contribution in [0, 0.1) is 18.3 Å². The van der Waals surface area contributed by atoms with Gasteiger partial charge in [-0.3, -0.25) is 0 Å². The van der Waals surface area contributed by atoms with E-state index < -0.39 is 0 Å². The molecule has 0 aromatic heterocycles. The van der Waals surface area contributed by atoms with Crippen molar-refractivity contribution in [2.75, 3.05) is 18.6 Å². The molecule has 4 nitrogen and oxygen atoms in total. The van der Waals surface area contributed by atoms with Crippen molar-refractivity contribution in [3.8, 4) is 17.6 Å². The zero-order valence-electron chi connectivity index (χ0n) is 14.1. The fourth-order valence-electron chi connectivity index (χ4n) is 3.16. The average molecular weight is 322 g/mol. The maximum atomic E-state index is 9.05. The van der Waals surface area contributed by atoms with Gasteiger partial charge in [0.05, 0.1) is 18.6 Å². The van der Waals surface area contributed by atoms with Crippen LogP contribution in [0.3, 0.4) is 0 Å². The SMILES string of the molecule is CO[C@H]1C[C@@H](CC#N)N(c2ccc(Oc3ccccc3C)cc2)C1. The Morgan fingerprint density at radius 3 is 2.58 bits per heavy atom. The molecule has 0 N–H and O–H groups in total. The molecular formula is C20H22N2O2. The summed E-state index contributed by atoms with van der Waals surface area (Å²) < 4.78 is 11.4. The van der Waals surface area contributed by atoms with Crippen molar-refractivity contribution in [3.63, 3.8) is 0 Å². The van der Waals surface area contributed by atoms with Gasteiger partial charge in [0.25, 0.3) is 0 Å². The maximum Gasteiger partial charge on any atom is 0.130 e. The summed E-state index contributed by atoms with van der Waals surface area (Å²) in [5, 5.41) is 9.05. The van der Waals surface area contributed by atoms with Crippen LogP contribution in [0.4, 0.5) is 5.69 Å². The van der Waals surface area contributed by atoms with Crippen LogP contribution < -0.4 is 9.64 Å². The minimum absolute atomic E-state index is 0.186. The van der Waals surface area contributed by atoms with E-state index in [1.54, 1.807) is 7.11 Å². The monoisotopic (exact) mass is 322 g/mol. The van der Waals surface area contributed by atoms with Crippen molar-refractivity contribution in [1.82, 2.24) is 0 Å². The molecule has 0 unspecified atom stereocenters. The fraction of sp³-hybridized carbons (Fsp3) is 0.350. The molecule has 2 aromatic rings. The molecule has 1 aliphatic heterocycles. The van der Waals surface area contributed by atoms with Gasteiger partial charge < -0.3 is 14.4 Å². The minimum atomic E-state index is 0.186. The number of methoxy groups -OCH3 is 1. The summed E-state index contributed by atoms with van der Waals surface area (Å²) in [6, 6.07) is 18.5. The number of rotatable bonds is 5. The zero-order chi connectivity index (χ0) is 16.9. The van der Waals surface area contributed by atoms with Gasteiger partial charge in [-0.2, -0.15) is 5.26 Å². The van der Waals surface area contributed by atoms with Gasteiger partial charge in [0, 0.05) is 25.4 Å². The number of hydrogen-bond acceptors (Lipinski definition) is 4. The topological polar surface area (TPSA) is 45.5 Å². The Balaban J connectivity index is 1.74. The number of nitriles is 1. The molecule has 1 aliphatic rings. The van der Waals surface area contributed by atoms with Gasteiger partial charge >= 0.3 is 0 Å². The van der Waals surface area contributed by atoms with E-state index in [4.69, 9.17) is 14.7 Å². The molecular weight excluding hydrogens is 300 g/mol. The number of benzene rings is 2. The van der Waals surface area contributed by atoms with Crippen LogP contribution in [0.2, 0.25) is 0 Å². The van der Waals surface area contributed by atoms with Crippen LogP contribution in [-0.2, 0) is 4.74 Å². The highest BCUT2D eigenvalue weighted by Crippen LogP contribution is 2.31. The molecule has 0 bridgehead atoms. The summed E-state index contributed by atoms with van der Waals surface area (Å²) in [6.07, 6.45) is 1.60. The molecule has 4 heteroatoms. The maximum absolute atomic E-state index is 9.05. The number of ether oxygens (including phenoxy) is 2. The summed E-state index contributed by atoms with van der Waals surface area (Å²) in [5.74, 6) is 1.68. The first-order valence-corrected chi connectivity index (χ1v) is 8.21. The van der Waals surface area contributed by atoms with Gasteiger partial charge in [-0.1, -0.05) is 18.2 Å². The fourth-order valence-corrected chi connectivity index (χ4v) is 3.16. The Bertz CT molecular complexity index is 721. The molecule has 1 fully saturated rings. The second-order valence-corrected chi connectivity index (χ2v) is 6.12. The lowest BCUT2D eigenvalue weighted by atomic mass is 10.1. The van der Waals surface area contributed by atoms with Crippen LogP contribution in [0.15, 0.2) is 48.5 Å². The summed E-state index contributed by atoms with van der Waals surface area (Å²) in [4.78, 5) is 2.26. The molecule has 1 heterocycles. The summed E-state index contributed by atoms with van der Waals surface area (Å²) in [6.45, 7) is 2.85. The number of aryl methyl sites for hydroxylation is 1. The highest BCUT2D eigenvalue weighted by molar-refractivity contribution is 5.52. The molecule has 0 spiro atoms. The average Bonchev–Trinajstić information content (AvgIpc) is 3.01. The van der Waals surface area contributed by atoms with Crippen LogP contribution in [0.1, 0.15) is 18.4 Å². The number of anilines is 1. The molecule has 0 saturated carbocycles. The lowest BCUT2D eigenvalue weighted by Crippen LogP contribution is -2.29. The van der Waals surface area contributed by atoms with E-state index in [9.17, 15) is 0 Å². The highest BCUT2D eigenvalue weighted by Gasteiger charge is 2.32. The van der Waals surface area contributed by atoms with Crippen LogP contribution in [-0.4, -0.2) is 25.8 Å². The van der Waals surface area contributed by atoms with E-state index >= 15 is 0 Å². The summed E-state index contributed by atoms with van der Waals surface area (Å²) in [7, 11) is 1.73. The van der Waals surface area contributed by atoms with Crippen molar-refractivity contribution in [2.45, 2.75) is 31.9 Å². The highest BCUT2D eigenvalue weighted by atomic mass is 16.5. The Labute approximate surface area is 143 Å². The predicted molar refractivity (Wildman–Crippen MR) is 94.5 cm³/mol. The number of para-hydroxylation sites is 1. The van der Waals surface area contributed by atoms with Crippen molar-refractivity contribution in [2.24, 2.45) is 0 Å². The van der Waals surface area contributed by atoms with E-state index in [1.165, 1.54) is 0 Å². The van der Waals surface area contributed by atoms with E-state index in [0.29, 0.717) is 6.42 Å². The molecule has 3 rings (SSSR count). The molecule has 0 radical (unpaired) electrons.